The van der Waals surface area contributed by atoms with E-state index in [4.69, 9.17) is 4.42 Å². The van der Waals surface area contributed by atoms with Gasteiger partial charge >= 0.3 is 11.9 Å². The topological polar surface area (TPSA) is 75.1 Å². The van der Waals surface area contributed by atoms with Crippen molar-refractivity contribution in [2.45, 2.75) is 37.9 Å². The van der Waals surface area contributed by atoms with Crippen LogP contribution in [0.3, 0.4) is 0 Å². The summed E-state index contributed by atoms with van der Waals surface area (Å²) in [7, 11) is 0. The minimum Gasteiger partial charge on any atom is -0.408 e. The number of aromatic amines is 1. The Morgan fingerprint density at radius 1 is 1.30 bits per heavy atom. The number of amides is 1. The van der Waals surface area contributed by atoms with Crippen molar-refractivity contribution in [1.29, 1.82) is 0 Å². The molecule has 124 valence electrons. The molecule has 23 heavy (non-hydrogen) atoms. The third-order valence-electron chi connectivity index (χ3n) is 4.19. The van der Waals surface area contributed by atoms with Crippen molar-refractivity contribution in [3.8, 4) is 0 Å². The van der Waals surface area contributed by atoms with Crippen molar-refractivity contribution in [1.82, 2.24) is 10.3 Å². The highest BCUT2D eigenvalue weighted by atomic mass is 19.4. The summed E-state index contributed by atoms with van der Waals surface area (Å²) >= 11 is 0. The van der Waals surface area contributed by atoms with Gasteiger partial charge in [-0.25, -0.2) is 4.79 Å². The number of nitrogens with one attached hydrogen (secondary N) is 2. The van der Waals surface area contributed by atoms with Crippen molar-refractivity contribution in [3.05, 3.63) is 34.3 Å². The molecule has 1 atom stereocenters. The Kier molecular flexibility index (Phi) is 3.91. The summed E-state index contributed by atoms with van der Waals surface area (Å²) in [5.41, 5.74) is 0.559. The lowest BCUT2D eigenvalue weighted by Crippen LogP contribution is -2.49. The molecule has 0 aliphatic heterocycles. The third-order valence-corrected chi connectivity index (χ3v) is 4.19. The molecule has 2 aromatic rings. The van der Waals surface area contributed by atoms with Crippen LogP contribution in [0, 0.1) is 5.92 Å². The second kappa shape index (κ2) is 5.75. The highest BCUT2D eigenvalue weighted by molar-refractivity contribution is 5.97. The number of benzene rings is 1. The summed E-state index contributed by atoms with van der Waals surface area (Å²) in [6.07, 6.45) is -2.08. The molecule has 1 unspecified atom stereocenters. The van der Waals surface area contributed by atoms with Crippen LogP contribution >= 0.6 is 0 Å². The van der Waals surface area contributed by atoms with Crippen molar-refractivity contribution >= 4 is 17.0 Å². The predicted molar refractivity (Wildman–Crippen MR) is 76.1 cm³/mol. The zero-order valence-corrected chi connectivity index (χ0v) is 12.1. The number of rotatable bonds is 3. The van der Waals surface area contributed by atoms with Gasteiger partial charge < -0.3 is 9.73 Å². The average Bonchev–Trinajstić information content (AvgIpc) is 3.10. The fourth-order valence-electron chi connectivity index (χ4n) is 3.08. The Labute approximate surface area is 128 Å². The van der Waals surface area contributed by atoms with Gasteiger partial charge in [0.2, 0.25) is 0 Å². The summed E-state index contributed by atoms with van der Waals surface area (Å²) in [6.45, 7) is 0. The molecule has 1 saturated carbocycles. The maximum atomic E-state index is 13.2. The van der Waals surface area contributed by atoms with E-state index in [1.54, 1.807) is 0 Å². The molecule has 1 aliphatic carbocycles. The van der Waals surface area contributed by atoms with E-state index < -0.39 is 29.8 Å². The fraction of sp³-hybridized carbons (Fsp3) is 0.467. The third kappa shape index (κ3) is 3.25. The van der Waals surface area contributed by atoms with Crippen LogP contribution in [-0.4, -0.2) is 23.1 Å². The number of oxazole rings is 1. The van der Waals surface area contributed by atoms with Crippen LogP contribution in [0.4, 0.5) is 13.2 Å². The molecule has 1 fully saturated rings. The predicted octanol–water partition coefficient (Wildman–Crippen LogP) is 2.97. The van der Waals surface area contributed by atoms with Gasteiger partial charge in [0.05, 0.1) is 5.52 Å². The average molecular weight is 328 g/mol. The lowest BCUT2D eigenvalue weighted by molar-refractivity contribution is -0.164. The summed E-state index contributed by atoms with van der Waals surface area (Å²) < 4.78 is 44.5. The van der Waals surface area contributed by atoms with Gasteiger partial charge in [-0.2, -0.15) is 13.2 Å². The maximum absolute atomic E-state index is 13.2. The van der Waals surface area contributed by atoms with E-state index in [1.165, 1.54) is 18.2 Å². The quantitative estimate of drug-likeness (QED) is 0.909. The van der Waals surface area contributed by atoms with Gasteiger partial charge in [0.15, 0.2) is 5.58 Å². The number of hydrogen-bond acceptors (Lipinski definition) is 3. The van der Waals surface area contributed by atoms with E-state index in [9.17, 15) is 22.8 Å². The van der Waals surface area contributed by atoms with Crippen LogP contribution in [0.25, 0.3) is 11.1 Å². The summed E-state index contributed by atoms with van der Waals surface area (Å²) in [5, 5.41) is 2.10. The molecular weight excluding hydrogens is 313 g/mol. The molecule has 0 bridgehead atoms. The molecule has 2 N–H and O–H groups in total. The number of carbonyl (C=O) groups is 1. The lowest BCUT2D eigenvalue weighted by Gasteiger charge is -2.27. The zero-order valence-electron chi connectivity index (χ0n) is 12.1. The molecule has 1 amide bonds. The van der Waals surface area contributed by atoms with Crippen LogP contribution in [0.5, 0.6) is 0 Å². The van der Waals surface area contributed by atoms with E-state index in [-0.39, 0.29) is 16.7 Å². The van der Waals surface area contributed by atoms with Crippen LogP contribution < -0.4 is 11.1 Å². The van der Waals surface area contributed by atoms with Crippen LogP contribution in [0.2, 0.25) is 0 Å². The Morgan fingerprint density at radius 2 is 2.00 bits per heavy atom. The Hall–Kier alpha value is -2.25. The summed E-state index contributed by atoms with van der Waals surface area (Å²) in [6, 6.07) is 2.16. The van der Waals surface area contributed by atoms with E-state index >= 15 is 0 Å². The highest BCUT2D eigenvalue weighted by Crippen LogP contribution is 2.35. The minimum absolute atomic E-state index is 0.0433. The van der Waals surface area contributed by atoms with E-state index in [0.29, 0.717) is 12.8 Å². The normalized spacial score (nSPS) is 17.5. The molecule has 0 spiro atoms. The van der Waals surface area contributed by atoms with Gasteiger partial charge in [-0.15, -0.1) is 0 Å². The largest absolute Gasteiger partial charge is 0.417 e. The van der Waals surface area contributed by atoms with Crippen LogP contribution in [0.15, 0.2) is 27.4 Å². The molecule has 8 heteroatoms. The molecule has 3 rings (SSSR count). The minimum atomic E-state index is -4.49. The summed E-state index contributed by atoms with van der Waals surface area (Å²) in [4.78, 5) is 25.6. The highest BCUT2D eigenvalue weighted by Gasteiger charge is 2.46. The first kappa shape index (κ1) is 15.6. The van der Waals surface area contributed by atoms with Crippen molar-refractivity contribution < 1.29 is 22.4 Å². The molecule has 0 saturated heterocycles. The fourth-order valence-corrected chi connectivity index (χ4v) is 3.08. The van der Waals surface area contributed by atoms with Crippen molar-refractivity contribution in [2.24, 2.45) is 5.92 Å². The molecule has 1 aromatic heterocycles. The molecular formula is C15H15F3N2O3. The number of carbonyl (C=O) groups excluding carboxylic acids is 1. The first-order valence-corrected chi connectivity index (χ1v) is 7.35. The second-order valence-corrected chi connectivity index (χ2v) is 5.76. The number of aromatic nitrogens is 1. The van der Waals surface area contributed by atoms with E-state index in [0.717, 1.165) is 12.8 Å². The smallest absolute Gasteiger partial charge is 0.408 e. The van der Waals surface area contributed by atoms with Crippen LogP contribution in [-0.2, 0) is 0 Å². The number of fused-ring (bicyclic) bond motifs is 1. The van der Waals surface area contributed by atoms with Gasteiger partial charge in [-0.3, -0.25) is 9.78 Å². The lowest BCUT2D eigenvalue weighted by atomic mass is 9.97. The van der Waals surface area contributed by atoms with Gasteiger partial charge in [0, 0.05) is 5.56 Å². The first-order chi connectivity index (χ1) is 10.8. The second-order valence-electron chi connectivity index (χ2n) is 5.76. The first-order valence-electron chi connectivity index (χ1n) is 7.35. The number of halogens is 3. The van der Waals surface area contributed by atoms with Gasteiger partial charge in [0.1, 0.15) is 6.04 Å². The Bertz CT molecular complexity index is 772. The van der Waals surface area contributed by atoms with Crippen LogP contribution in [0.1, 0.15) is 36.0 Å². The Morgan fingerprint density at radius 3 is 2.65 bits per heavy atom. The van der Waals surface area contributed by atoms with Gasteiger partial charge in [-0.1, -0.05) is 12.8 Å². The molecule has 1 heterocycles. The molecule has 0 radical (unpaired) electrons. The maximum Gasteiger partial charge on any atom is 0.417 e. The van der Waals surface area contributed by atoms with E-state index in [2.05, 4.69) is 10.3 Å². The Balaban J connectivity index is 1.83. The standard InChI is InChI=1S/C15H15F3N2O3/c16-15(17,18)12(8-3-1-2-4-8)20-13(21)9-5-6-11-10(7-9)19-14(22)23-11/h5-8,12H,1-4H2,(H,19,22)(H,20,21). The number of H-pyrrole nitrogens is 1. The van der Waals surface area contributed by atoms with E-state index in [1.807, 2.05) is 0 Å². The zero-order chi connectivity index (χ0) is 16.6. The molecule has 1 aliphatic rings. The SMILES string of the molecule is O=C(NC(C1CCCC1)C(F)(F)F)c1ccc2oc(=O)[nH]c2c1. The molecule has 1 aromatic carbocycles. The van der Waals surface area contributed by atoms with Gasteiger partial charge in [0.25, 0.3) is 5.91 Å². The molecule has 5 nitrogen and oxygen atoms in total. The number of hydrogen-bond donors (Lipinski definition) is 2. The van der Waals surface area contributed by atoms with Gasteiger partial charge in [-0.05, 0) is 37.0 Å². The van der Waals surface area contributed by atoms with Crippen molar-refractivity contribution in [2.75, 3.05) is 0 Å². The van der Waals surface area contributed by atoms with Crippen molar-refractivity contribution in [3.63, 3.8) is 0 Å². The summed E-state index contributed by atoms with van der Waals surface area (Å²) in [5.74, 6) is -2.09. The monoisotopic (exact) mass is 328 g/mol. The number of alkyl halides is 3.